The summed E-state index contributed by atoms with van der Waals surface area (Å²) in [5.41, 5.74) is 2.71. The third-order valence-electron chi connectivity index (χ3n) is 3.27. The van der Waals surface area contributed by atoms with Gasteiger partial charge in [0.1, 0.15) is 5.69 Å². The van der Waals surface area contributed by atoms with Crippen LogP contribution in [0.3, 0.4) is 0 Å². The second-order valence-corrected chi connectivity index (χ2v) is 6.66. The van der Waals surface area contributed by atoms with Crippen molar-refractivity contribution in [2.45, 2.75) is 6.92 Å². The average Bonchev–Trinajstić information content (AvgIpc) is 2.80. The van der Waals surface area contributed by atoms with E-state index in [4.69, 9.17) is 0 Å². The van der Waals surface area contributed by atoms with E-state index in [0.717, 1.165) is 16.8 Å². The average molecular weight is 287 g/mol. The van der Waals surface area contributed by atoms with Gasteiger partial charge >= 0.3 is 15.8 Å². The largest absolute Gasteiger partial charge is 0.309 e. The fourth-order valence-corrected chi connectivity index (χ4v) is 3.21. The van der Waals surface area contributed by atoms with Crippen LogP contribution in [-0.4, -0.2) is 19.1 Å². The van der Waals surface area contributed by atoms with Gasteiger partial charge in [-0.05, 0) is 31.2 Å². The third-order valence-corrected chi connectivity index (χ3v) is 4.27. The maximum absolute atomic E-state index is 12.1. The third kappa shape index (κ3) is 2.00. The van der Waals surface area contributed by atoms with Gasteiger partial charge in [0.2, 0.25) is 0 Å². The second-order valence-electron chi connectivity index (χ2n) is 4.80. The van der Waals surface area contributed by atoms with Crippen LogP contribution in [-0.2, 0) is 10.0 Å². The number of hydrogen-bond acceptors (Lipinski definition) is 2. The normalized spacial score (nSPS) is 11.9. The maximum atomic E-state index is 12.1. The molecular formula is C15H15N2O2S+. The first kappa shape index (κ1) is 12.9. The highest BCUT2D eigenvalue weighted by molar-refractivity contribution is 7.84. The SMILES string of the molecule is Cc1cccc2c[n+](S(C)(=O)=O)c(-c3ccccc3)n12. The summed E-state index contributed by atoms with van der Waals surface area (Å²) >= 11 is 0. The van der Waals surface area contributed by atoms with E-state index < -0.39 is 10.0 Å². The van der Waals surface area contributed by atoms with Gasteiger partial charge in [-0.3, -0.25) is 0 Å². The summed E-state index contributed by atoms with van der Waals surface area (Å²) in [4.78, 5) is 0. The Morgan fingerprint density at radius 1 is 1.00 bits per heavy atom. The molecule has 0 N–H and O–H groups in total. The Hall–Kier alpha value is -2.14. The quantitative estimate of drug-likeness (QED) is 0.677. The van der Waals surface area contributed by atoms with E-state index in [1.807, 2.05) is 59.9 Å². The van der Waals surface area contributed by atoms with E-state index >= 15 is 0 Å². The summed E-state index contributed by atoms with van der Waals surface area (Å²) in [6.07, 6.45) is 2.87. The molecule has 0 saturated heterocycles. The number of rotatable bonds is 2. The molecular weight excluding hydrogens is 272 g/mol. The fourth-order valence-electron chi connectivity index (χ4n) is 2.40. The Morgan fingerprint density at radius 3 is 2.35 bits per heavy atom. The number of aromatic nitrogens is 2. The predicted octanol–water partition coefficient (Wildman–Crippen LogP) is 2.01. The molecule has 0 fully saturated rings. The van der Waals surface area contributed by atoms with Gasteiger partial charge < -0.3 is 0 Å². The second kappa shape index (κ2) is 4.45. The lowest BCUT2D eigenvalue weighted by atomic mass is 10.2. The maximum Gasteiger partial charge on any atom is 0.309 e. The number of nitrogens with zero attached hydrogens (tertiary/aromatic N) is 2. The van der Waals surface area contributed by atoms with Gasteiger partial charge in [-0.1, -0.05) is 24.3 Å². The van der Waals surface area contributed by atoms with Crippen molar-refractivity contribution in [3.63, 3.8) is 0 Å². The molecule has 3 aromatic rings. The predicted molar refractivity (Wildman–Crippen MR) is 78.0 cm³/mol. The summed E-state index contributed by atoms with van der Waals surface area (Å²) in [5.74, 6) is 0.654. The van der Waals surface area contributed by atoms with Gasteiger partial charge in [0.05, 0.1) is 11.8 Å². The molecule has 0 bridgehead atoms. The Labute approximate surface area is 118 Å². The van der Waals surface area contributed by atoms with Crippen molar-refractivity contribution in [1.82, 2.24) is 4.40 Å². The lowest BCUT2D eigenvalue weighted by Gasteiger charge is -2.01. The lowest BCUT2D eigenvalue weighted by molar-refractivity contribution is -0.495. The summed E-state index contributed by atoms with van der Waals surface area (Å²) in [6.45, 7) is 1.96. The van der Waals surface area contributed by atoms with Crippen molar-refractivity contribution < 1.29 is 12.4 Å². The number of fused-ring (bicyclic) bond motifs is 1. The van der Waals surface area contributed by atoms with Crippen LogP contribution in [0, 0.1) is 6.92 Å². The molecule has 4 nitrogen and oxygen atoms in total. The molecule has 102 valence electrons. The van der Waals surface area contributed by atoms with Gasteiger partial charge in [-0.25, -0.2) is 0 Å². The Kier molecular flexibility index (Phi) is 2.87. The van der Waals surface area contributed by atoms with Gasteiger partial charge in [-0.15, -0.1) is 3.97 Å². The van der Waals surface area contributed by atoms with Crippen molar-refractivity contribution in [2.75, 3.05) is 6.26 Å². The van der Waals surface area contributed by atoms with Gasteiger partial charge in [-0.2, -0.15) is 12.8 Å². The zero-order valence-electron chi connectivity index (χ0n) is 11.3. The standard InChI is InChI=1S/C15H15N2O2S/c1-12-7-6-10-14-11-16(20(2,18)19)15(17(12)14)13-8-4-3-5-9-13/h3-11H,1-2H3/q+1. The molecule has 0 saturated carbocycles. The van der Waals surface area contributed by atoms with Gasteiger partial charge in [0, 0.05) is 0 Å². The van der Waals surface area contributed by atoms with Crippen molar-refractivity contribution in [1.29, 1.82) is 0 Å². The highest BCUT2D eigenvalue weighted by Crippen LogP contribution is 2.20. The van der Waals surface area contributed by atoms with Crippen molar-refractivity contribution in [3.8, 4) is 11.4 Å². The molecule has 0 spiro atoms. The first-order chi connectivity index (χ1) is 9.48. The van der Waals surface area contributed by atoms with Crippen LogP contribution >= 0.6 is 0 Å². The molecule has 0 aliphatic rings. The van der Waals surface area contributed by atoms with E-state index in [1.165, 1.54) is 10.2 Å². The first-order valence-electron chi connectivity index (χ1n) is 6.27. The molecule has 0 amide bonds. The molecule has 3 rings (SSSR count). The van der Waals surface area contributed by atoms with Crippen molar-refractivity contribution in [2.24, 2.45) is 0 Å². The number of benzene rings is 1. The molecule has 0 aliphatic heterocycles. The monoisotopic (exact) mass is 287 g/mol. The smallest absolute Gasteiger partial charge is 0.192 e. The summed E-state index contributed by atoms with van der Waals surface area (Å²) in [5, 5.41) is 0. The van der Waals surface area contributed by atoms with Crippen LogP contribution in [0.25, 0.3) is 16.9 Å². The minimum atomic E-state index is -3.36. The number of aryl methyl sites for hydroxylation is 1. The van der Waals surface area contributed by atoms with Crippen LogP contribution in [0.1, 0.15) is 5.69 Å². The van der Waals surface area contributed by atoms with Crippen molar-refractivity contribution in [3.05, 3.63) is 60.4 Å². The first-order valence-corrected chi connectivity index (χ1v) is 8.12. The van der Waals surface area contributed by atoms with Crippen LogP contribution < -0.4 is 3.97 Å². The van der Waals surface area contributed by atoms with Crippen LogP contribution in [0.15, 0.2) is 54.7 Å². The zero-order valence-corrected chi connectivity index (χ0v) is 12.1. The molecule has 1 aromatic carbocycles. The summed E-state index contributed by atoms with van der Waals surface area (Å²) in [7, 11) is -3.36. The number of hydrogen-bond donors (Lipinski definition) is 0. The molecule has 0 atom stereocenters. The Balaban J connectivity index is 2.50. The van der Waals surface area contributed by atoms with E-state index in [9.17, 15) is 8.42 Å². The van der Waals surface area contributed by atoms with Gasteiger partial charge in [0.15, 0.2) is 11.7 Å². The van der Waals surface area contributed by atoms with Crippen molar-refractivity contribution >= 4 is 15.5 Å². The van der Waals surface area contributed by atoms with E-state index in [2.05, 4.69) is 0 Å². The number of imidazole rings is 1. The summed E-state index contributed by atoms with van der Waals surface area (Å²) in [6, 6.07) is 15.3. The Bertz CT molecular complexity index is 881. The minimum absolute atomic E-state index is 0.654. The topological polar surface area (TPSA) is 42.4 Å². The minimum Gasteiger partial charge on any atom is -0.192 e. The molecule has 2 aromatic heterocycles. The highest BCUT2D eigenvalue weighted by Gasteiger charge is 2.27. The van der Waals surface area contributed by atoms with Gasteiger partial charge in [0.25, 0.3) is 0 Å². The molecule has 0 radical (unpaired) electrons. The molecule has 0 unspecified atom stereocenters. The lowest BCUT2D eigenvalue weighted by Crippen LogP contribution is -2.42. The number of pyridine rings is 1. The molecule has 0 aliphatic carbocycles. The van der Waals surface area contributed by atoms with Crippen LogP contribution in [0.4, 0.5) is 0 Å². The van der Waals surface area contributed by atoms with E-state index in [-0.39, 0.29) is 0 Å². The molecule has 2 heterocycles. The fraction of sp³-hybridized carbons (Fsp3) is 0.133. The highest BCUT2D eigenvalue weighted by atomic mass is 32.2. The van der Waals surface area contributed by atoms with E-state index in [1.54, 1.807) is 6.20 Å². The van der Waals surface area contributed by atoms with E-state index in [0.29, 0.717) is 5.82 Å². The Morgan fingerprint density at radius 2 is 1.70 bits per heavy atom. The molecule has 20 heavy (non-hydrogen) atoms. The molecule has 5 heteroatoms. The van der Waals surface area contributed by atoms with Crippen LogP contribution in [0.5, 0.6) is 0 Å². The van der Waals surface area contributed by atoms with Crippen LogP contribution in [0.2, 0.25) is 0 Å². The summed E-state index contributed by atoms with van der Waals surface area (Å²) < 4.78 is 27.4. The zero-order chi connectivity index (χ0) is 14.3.